The summed E-state index contributed by atoms with van der Waals surface area (Å²) in [6.07, 6.45) is 4.38. The van der Waals surface area contributed by atoms with Crippen molar-refractivity contribution in [1.29, 1.82) is 5.26 Å². The van der Waals surface area contributed by atoms with Crippen molar-refractivity contribution in [2.24, 2.45) is 5.41 Å². The van der Waals surface area contributed by atoms with E-state index in [0.29, 0.717) is 30.6 Å². The second kappa shape index (κ2) is 8.74. The summed E-state index contributed by atoms with van der Waals surface area (Å²) < 4.78 is 0. The minimum absolute atomic E-state index is 0.0540. The van der Waals surface area contributed by atoms with Gasteiger partial charge in [-0.1, -0.05) is 12.1 Å². The molecule has 2 aliphatic heterocycles. The summed E-state index contributed by atoms with van der Waals surface area (Å²) in [7, 11) is 4.10. The first kappa shape index (κ1) is 20.3. The number of hydrogen-bond donors (Lipinski definition) is 0. The van der Waals surface area contributed by atoms with Crippen molar-refractivity contribution in [3.63, 3.8) is 0 Å². The van der Waals surface area contributed by atoms with E-state index in [1.54, 1.807) is 24.3 Å². The van der Waals surface area contributed by atoms with Crippen molar-refractivity contribution < 1.29 is 9.59 Å². The average molecular weight is 383 g/mol. The summed E-state index contributed by atoms with van der Waals surface area (Å²) in [4.78, 5) is 31.3. The number of carbonyl (C=O) groups excluding carboxylic acids is 2. The van der Waals surface area contributed by atoms with Gasteiger partial charge in [-0.3, -0.25) is 9.59 Å². The summed E-state index contributed by atoms with van der Waals surface area (Å²) in [6.45, 7) is 4.00. The van der Waals surface area contributed by atoms with Crippen LogP contribution in [0.15, 0.2) is 24.3 Å². The van der Waals surface area contributed by atoms with Crippen LogP contribution in [0.2, 0.25) is 0 Å². The molecule has 0 bridgehead atoms. The summed E-state index contributed by atoms with van der Waals surface area (Å²) in [5.74, 6) is 0.215. The Morgan fingerprint density at radius 1 is 1.21 bits per heavy atom. The number of hydrogen-bond acceptors (Lipinski definition) is 4. The second-order valence-electron chi connectivity index (χ2n) is 8.42. The molecule has 28 heavy (non-hydrogen) atoms. The third-order valence-corrected chi connectivity index (χ3v) is 6.17. The first-order valence-electron chi connectivity index (χ1n) is 10.1. The fourth-order valence-electron chi connectivity index (χ4n) is 4.41. The summed E-state index contributed by atoms with van der Waals surface area (Å²) >= 11 is 0. The maximum Gasteiger partial charge on any atom is 0.255 e. The Labute approximate surface area is 167 Å². The number of carbonyl (C=O) groups is 2. The molecule has 2 aliphatic rings. The van der Waals surface area contributed by atoms with Crippen molar-refractivity contribution >= 4 is 11.8 Å². The molecule has 0 saturated carbocycles. The summed E-state index contributed by atoms with van der Waals surface area (Å²) in [5, 5.41) is 9.26. The van der Waals surface area contributed by atoms with Gasteiger partial charge in [0.2, 0.25) is 5.91 Å². The minimum atomic E-state index is -0.0540. The van der Waals surface area contributed by atoms with Crippen LogP contribution in [0, 0.1) is 16.7 Å². The molecule has 0 N–H and O–H groups in total. The highest BCUT2D eigenvalue weighted by Gasteiger charge is 2.41. The molecule has 6 heteroatoms. The molecule has 2 amide bonds. The molecule has 3 rings (SSSR count). The number of nitrogens with zero attached hydrogens (tertiary/aromatic N) is 4. The van der Waals surface area contributed by atoms with E-state index in [2.05, 4.69) is 25.1 Å². The smallest absolute Gasteiger partial charge is 0.255 e. The number of piperidine rings is 2. The van der Waals surface area contributed by atoms with Crippen molar-refractivity contribution in [3.8, 4) is 6.07 Å². The van der Waals surface area contributed by atoms with Gasteiger partial charge in [0, 0.05) is 32.6 Å². The lowest BCUT2D eigenvalue weighted by Gasteiger charge is -2.47. The quantitative estimate of drug-likeness (QED) is 0.784. The zero-order chi connectivity index (χ0) is 20.1. The van der Waals surface area contributed by atoms with E-state index in [0.717, 1.165) is 45.3 Å². The van der Waals surface area contributed by atoms with Crippen LogP contribution < -0.4 is 0 Å². The predicted molar refractivity (Wildman–Crippen MR) is 108 cm³/mol. The Kier molecular flexibility index (Phi) is 6.35. The van der Waals surface area contributed by atoms with Crippen molar-refractivity contribution in [2.75, 3.05) is 46.8 Å². The molecule has 2 fully saturated rings. The largest absolute Gasteiger partial charge is 0.342 e. The maximum absolute atomic E-state index is 12.9. The molecule has 0 unspecified atom stereocenters. The van der Waals surface area contributed by atoms with Crippen molar-refractivity contribution in [3.05, 3.63) is 35.4 Å². The molecule has 150 valence electrons. The number of nitriles is 1. The molecule has 1 aromatic carbocycles. The van der Waals surface area contributed by atoms with Gasteiger partial charge < -0.3 is 14.7 Å². The highest BCUT2D eigenvalue weighted by Crippen LogP contribution is 2.40. The van der Waals surface area contributed by atoms with Gasteiger partial charge in [-0.2, -0.15) is 5.26 Å². The van der Waals surface area contributed by atoms with E-state index >= 15 is 0 Å². The molecule has 2 heterocycles. The normalized spacial score (nSPS) is 19.1. The number of likely N-dealkylation sites (tertiary alicyclic amines) is 2. The Morgan fingerprint density at radius 2 is 1.93 bits per heavy atom. The molecule has 0 aliphatic carbocycles. The third kappa shape index (κ3) is 4.53. The molecule has 2 saturated heterocycles. The molecular formula is C22H30N4O2. The molecule has 6 nitrogen and oxygen atoms in total. The van der Waals surface area contributed by atoms with E-state index in [4.69, 9.17) is 0 Å². The average Bonchev–Trinajstić information content (AvgIpc) is 2.70. The maximum atomic E-state index is 12.9. The number of amides is 2. The van der Waals surface area contributed by atoms with E-state index < -0.39 is 0 Å². The Morgan fingerprint density at radius 3 is 2.61 bits per heavy atom. The first-order valence-corrected chi connectivity index (χ1v) is 10.1. The first-order chi connectivity index (χ1) is 13.4. The Hall–Kier alpha value is -2.39. The number of benzene rings is 1. The SMILES string of the molecule is CN(C)CCCN1CC2(CCC1=O)CCN(C(=O)c1ccccc1C#N)CC2. The zero-order valence-electron chi connectivity index (χ0n) is 17.0. The van der Waals surface area contributed by atoms with Crippen LogP contribution in [0.4, 0.5) is 0 Å². The molecule has 1 spiro atoms. The van der Waals surface area contributed by atoms with E-state index in [1.807, 2.05) is 9.80 Å². The lowest BCUT2D eigenvalue weighted by molar-refractivity contribution is -0.139. The van der Waals surface area contributed by atoms with Crippen LogP contribution in [-0.4, -0.2) is 73.3 Å². The van der Waals surface area contributed by atoms with Crippen LogP contribution in [0.25, 0.3) is 0 Å². The van der Waals surface area contributed by atoms with Crippen LogP contribution in [0.5, 0.6) is 0 Å². The fourth-order valence-corrected chi connectivity index (χ4v) is 4.41. The van der Waals surface area contributed by atoms with Gasteiger partial charge in [-0.25, -0.2) is 0 Å². The number of rotatable bonds is 5. The van der Waals surface area contributed by atoms with Gasteiger partial charge in [-0.15, -0.1) is 0 Å². The summed E-state index contributed by atoms with van der Waals surface area (Å²) in [6, 6.07) is 9.13. The van der Waals surface area contributed by atoms with E-state index in [1.165, 1.54) is 0 Å². The van der Waals surface area contributed by atoms with Gasteiger partial charge >= 0.3 is 0 Å². The van der Waals surface area contributed by atoms with E-state index in [9.17, 15) is 14.9 Å². The zero-order valence-corrected chi connectivity index (χ0v) is 17.0. The summed E-state index contributed by atoms with van der Waals surface area (Å²) in [5.41, 5.74) is 1.06. The highest BCUT2D eigenvalue weighted by molar-refractivity contribution is 5.96. The van der Waals surface area contributed by atoms with Crippen molar-refractivity contribution in [2.45, 2.75) is 32.1 Å². The highest BCUT2D eigenvalue weighted by atomic mass is 16.2. The van der Waals surface area contributed by atoms with Gasteiger partial charge in [0.05, 0.1) is 17.2 Å². The van der Waals surface area contributed by atoms with Gasteiger partial charge in [0.1, 0.15) is 0 Å². The third-order valence-electron chi connectivity index (χ3n) is 6.17. The fraction of sp³-hybridized carbons (Fsp3) is 0.591. The molecular weight excluding hydrogens is 352 g/mol. The lowest BCUT2D eigenvalue weighted by Crippen LogP contribution is -2.52. The van der Waals surface area contributed by atoms with Crippen LogP contribution >= 0.6 is 0 Å². The van der Waals surface area contributed by atoms with Gasteiger partial charge in [0.15, 0.2) is 0 Å². The molecule has 0 atom stereocenters. The second-order valence-corrected chi connectivity index (χ2v) is 8.42. The molecule has 0 aromatic heterocycles. The minimum Gasteiger partial charge on any atom is -0.342 e. The van der Waals surface area contributed by atoms with Crippen LogP contribution in [-0.2, 0) is 4.79 Å². The monoisotopic (exact) mass is 382 g/mol. The molecule has 0 radical (unpaired) electrons. The Bertz CT molecular complexity index is 760. The van der Waals surface area contributed by atoms with Crippen LogP contribution in [0.3, 0.4) is 0 Å². The van der Waals surface area contributed by atoms with Gasteiger partial charge in [-0.05, 0) is 63.9 Å². The Balaban J connectivity index is 1.60. The molecule has 1 aromatic rings. The van der Waals surface area contributed by atoms with E-state index in [-0.39, 0.29) is 17.2 Å². The van der Waals surface area contributed by atoms with Crippen molar-refractivity contribution in [1.82, 2.24) is 14.7 Å². The lowest BCUT2D eigenvalue weighted by atomic mass is 9.72. The topological polar surface area (TPSA) is 67.7 Å². The van der Waals surface area contributed by atoms with Gasteiger partial charge in [0.25, 0.3) is 5.91 Å². The standard InChI is InChI=1S/C22H30N4O2/c1-24(2)12-5-13-26-17-22(9-8-20(26)27)10-14-25(15-11-22)21(28)19-7-4-3-6-18(19)16-23/h3-4,6-7H,5,8-15,17H2,1-2H3. The predicted octanol–water partition coefficient (Wildman–Crippen LogP) is 2.35. The van der Waals surface area contributed by atoms with Crippen LogP contribution in [0.1, 0.15) is 48.0 Å².